The Kier molecular flexibility index (Phi) is 5.09. The highest BCUT2D eigenvalue weighted by Crippen LogP contribution is 2.15. The summed E-state index contributed by atoms with van der Waals surface area (Å²) in [6, 6.07) is 13.6. The van der Waals surface area contributed by atoms with E-state index in [1.807, 2.05) is 18.2 Å². The van der Waals surface area contributed by atoms with E-state index in [4.69, 9.17) is 0 Å². The summed E-state index contributed by atoms with van der Waals surface area (Å²) < 4.78 is 1.24. The second-order valence-corrected chi connectivity index (χ2v) is 6.61. The molecule has 3 heterocycles. The monoisotopic (exact) mass is 376 g/mol. The van der Waals surface area contributed by atoms with Gasteiger partial charge in [0, 0.05) is 37.6 Å². The van der Waals surface area contributed by atoms with Crippen LogP contribution < -0.4 is 15.8 Å². The molecule has 1 N–H and O–H groups in total. The third-order valence-electron chi connectivity index (χ3n) is 4.63. The number of aromatic nitrogens is 4. The average Bonchev–Trinajstić information content (AvgIpc) is 2.75. The lowest BCUT2D eigenvalue weighted by atomic mass is 10.1. The molecule has 0 radical (unpaired) electrons. The lowest BCUT2D eigenvalue weighted by Gasteiger charge is -2.33. The number of piperidine rings is 1. The Morgan fingerprint density at radius 3 is 2.61 bits per heavy atom. The van der Waals surface area contributed by atoms with Crippen molar-refractivity contribution < 1.29 is 4.79 Å². The zero-order valence-corrected chi connectivity index (χ0v) is 15.2. The number of anilines is 1. The van der Waals surface area contributed by atoms with Crippen LogP contribution in [0.1, 0.15) is 23.3 Å². The maximum atomic E-state index is 12.7. The molecule has 1 aromatic carbocycles. The van der Waals surface area contributed by atoms with Gasteiger partial charge in [-0.2, -0.15) is 9.78 Å². The normalized spacial score (nSPS) is 16.6. The van der Waals surface area contributed by atoms with E-state index in [1.165, 1.54) is 16.8 Å². The molecule has 1 amide bonds. The van der Waals surface area contributed by atoms with E-state index in [0.717, 1.165) is 19.4 Å². The Morgan fingerprint density at radius 1 is 1.04 bits per heavy atom. The van der Waals surface area contributed by atoms with E-state index in [-0.39, 0.29) is 23.2 Å². The topological polar surface area (TPSA) is 93.0 Å². The molecule has 1 fully saturated rings. The third-order valence-corrected chi connectivity index (χ3v) is 4.63. The molecule has 0 bridgehead atoms. The number of hydrogen-bond acceptors (Lipinski definition) is 6. The molecule has 8 heteroatoms. The molecule has 2 aromatic heterocycles. The number of rotatable bonds is 4. The van der Waals surface area contributed by atoms with Crippen LogP contribution in [-0.4, -0.2) is 44.8 Å². The van der Waals surface area contributed by atoms with E-state index in [0.29, 0.717) is 18.2 Å². The first kappa shape index (κ1) is 17.8. The van der Waals surface area contributed by atoms with Gasteiger partial charge in [0.2, 0.25) is 5.95 Å². The number of nitrogens with one attached hydrogen (secondary N) is 1. The summed E-state index contributed by atoms with van der Waals surface area (Å²) in [6.07, 6.45) is 5.22. The van der Waals surface area contributed by atoms with E-state index in [2.05, 4.69) is 25.3 Å². The quantitative estimate of drug-likeness (QED) is 0.740. The zero-order valence-electron chi connectivity index (χ0n) is 15.2. The molecular formula is C20H20N6O2. The molecule has 0 aliphatic carbocycles. The van der Waals surface area contributed by atoms with Crippen LogP contribution in [0.5, 0.6) is 0 Å². The summed E-state index contributed by atoms with van der Waals surface area (Å²) in [5, 5.41) is 7.26. The first-order valence-corrected chi connectivity index (χ1v) is 9.19. The van der Waals surface area contributed by atoms with Crippen LogP contribution in [0.4, 0.5) is 5.95 Å². The van der Waals surface area contributed by atoms with Crippen molar-refractivity contribution in [1.82, 2.24) is 25.1 Å². The van der Waals surface area contributed by atoms with Gasteiger partial charge in [-0.15, -0.1) is 0 Å². The lowest BCUT2D eigenvalue weighted by molar-refractivity contribution is 0.0926. The lowest BCUT2D eigenvalue weighted by Crippen LogP contribution is -2.48. The first-order valence-electron chi connectivity index (χ1n) is 9.19. The summed E-state index contributed by atoms with van der Waals surface area (Å²) in [7, 11) is 0. The molecule has 0 saturated carbocycles. The van der Waals surface area contributed by atoms with Gasteiger partial charge in [-0.3, -0.25) is 9.59 Å². The van der Waals surface area contributed by atoms with E-state index < -0.39 is 0 Å². The van der Waals surface area contributed by atoms with E-state index >= 15 is 0 Å². The van der Waals surface area contributed by atoms with Crippen molar-refractivity contribution in [2.24, 2.45) is 0 Å². The molecule has 3 aromatic rings. The third kappa shape index (κ3) is 3.90. The molecule has 1 saturated heterocycles. The molecule has 8 nitrogen and oxygen atoms in total. The van der Waals surface area contributed by atoms with Crippen LogP contribution in [-0.2, 0) is 0 Å². The zero-order chi connectivity index (χ0) is 19.3. The molecule has 1 aliphatic rings. The van der Waals surface area contributed by atoms with Gasteiger partial charge in [0.15, 0.2) is 0 Å². The second kappa shape index (κ2) is 7.99. The van der Waals surface area contributed by atoms with Crippen LogP contribution >= 0.6 is 0 Å². The van der Waals surface area contributed by atoms with Gasteiger partial charge in [0.05, 0.1) is 5.69 Å². The predicted molar refractivity (Wildman–Crippen MR) is 105 cm³/mol. The van der Waals surface area contributed by atoms with Gasteiger partial charge in [0.25, 0.3) is 11.5 Å². The van der Waals surface area contributed by atoms with Gasteiger partial charge in [0.1, 0.15) is 5.69 Å². The van der Waals surface area contributed by atoms with Gasteiger partial charge < -0.3 is 10.2 Å². The Labute approximate surface area is 161 Å². The first-order chi connectivity index (χ1) is 13.7. The number of para-hydroxylation sites is 1. The number of carbonyl (C=O) groups is 1. The summed E-state index contributed by atoms with van der Waals surface area (Å²) in [6.45, 7) is 1.49. The van der Waals surface area contributed by atoms with Gasteiger partial charge in [-0.05, 0) is 37.1 Å². The summed E-state index contributed by atoms with van der Waals surface area (Å²) >= 11 is 0. The summed E-state index contributed by atoms with van der Waals surface area (Å²) in [4.78, 5) is 35.5. The standard InChI is InChI=1S/C20H20N6O2/c27-18-10-9-17(24-26(18)16-7-2-1-3-8-16)19(28)23-15-6-4-13-25(14-15)20-21-11-5-12-22-20/h1-3,5,7-12,15H,4,6,13-14H2,(H,23,28). The molecule has 28 heavy (non-hydrogen) atoms. The number of amides is 1. The average molecular weight is 376 g/mol. The highest BCUT2D eigenvalue weighted by atomic mass is 16.2. The van der Waals surface area contributed by atoms with Crippen molar-refractivity contribution in [2.75, 3.05) is 18.0 Å². The molecule has 1 unspecified atom stereocenters. The second-order valence-electron chi connectivity index (χ2n) is 6.61. The minimum atomic E-state index is -0.300. The van der Waals surface area contributed by atoms with Gasteiger partial charge in [-0.1, -0.05) is 18.2 Å². The largest absolute Gasteiger partial charge is 0.346 e. The van der Waals surface area contributed by atoms with Crippen molar-refractivity contribution in [3.05, 3.63) is 77.0 Å². The molecule has 4 rings (SSSR count). The van der Waals surface area contributed by atoms with Crippen LogP contribution in [0.3, 0.4) is 0 Å². The van der Waals surface area contributed by atoms with Crippen LogP contribution in [0.2, 0.25) is 0 Å². The fourth-order valence-corrected chi connectivity index (χ4v) is 3.28. The smallest absolute Gasteiger partial charge is 0.272 e. The molecule has 142 valence electrons. The van der Waals surface area contributed by atoms with Crippen molar-refractivity contribution >= 4 is 11.9 Å². The highest BCUT2D eigenvalue weighted by molar-refractivity contribution is 5.92. The Balaban J connectivity index is 1.49. The number of nitrogens with zero attached hydrogens (tertiary/aromatic N) is 5. The highest BCUT2D eigenvalue weighted by Gasteiger charge is 2.24. The van der Waals surface area contributed by atoms with Crippen molar-refractivity contribution in [3.8, 4) is 5.69 Å². The molecule has 0 spiro atoms. The molecule has 1 atom stereocenters. The maximum Gasteiger partial charge on any atom is 0.272 e. The van der Waals surface area contributed by atoms with Gasteiger partial charge >= 0.3 is 0 Å². The predicted octanol–water partition coefficient (Wildman–Crippen LogP) is 1.42. The minimum absolute atomic E-state index is 0.0380. The van der Waals surface area contributed by atoms with Crippen LogP contribution in [0.25, 0.3) is 5.69 Å². The number of carbonyl (C=O) groups excluding carboxylic acids is 1. The van der Waals surface area contributed by atoms with Crippen LogP contribution in [0.15, 0.2) is 65.7 Å². The fourth-order valence-electron chi connectivity index (χ4n) is 3.28. The minimum Gasteiger partial charge on any atom is -0.346 e. The SMILES string of the molecule is O=C(NC1CCCN(c2ncccn2)C1)c1ccc(=O)n(-c2ccccc2)n1. The fraction of sp³-hybridized carbons (Fsp3) is 0.250. The number of hydrogen-bond donors (Lipinski definition) is 1. The van der Waals surface area contributed by atoms with Crippen LogP contribution in [0, 0.1) is 0 Å². The van der Waals surface area contributed by atoms with E-state index in [9.17, 15) is 9.59 Å². The van der Waals surface area contributed by atoms with Gasteiger partial charge in [-0.25, -0.2) is 9.97 Å². The molecular weight excluding hydrogens is 356 g/mol. The maximum absolute atomic E-state index is 12.7. The number of benzene rings is 1. The van der Waals surface area contributed by atoms with Crippen molar-refractivity contribution in [2.45, 2.75) is 18.9 Å². The Morgan fingerprint density at radius 2 is 1.82 bits per heavy atom. The Bertz CT molecular complexity index is 1010. The summed E-state index contributed by atoms with van der Waals surface area (Å²) in [5.41, 5.74) is 0.538. The van der Waals surface area contributed by atoms with Crippen molar-refractivity contribution in [1.29, 1.82) is 0 Å². The van der Waals surface area contributed by atoms with E-state index in [1.54, 1.807) is 30.6 Å². The van der Waals surface area contributed by atoms with Crippen molar-refractivity contribution in [3.63, 3.8) is 0 Å². The molecule has 1 aliphatic heterocycles. The summed E-state index contributed by atoms with van der Waals surface area (Å²) in [5.74, 6) is 0.364. The Hall–Kier alpha value is -3.55.